The largest absolute Gasteiger partial charge is 0.467 e. The van der Waals surface area contributed by atoms with Gasteiger partial charge in [0.15, 0.2) is 0 Å². The third-order valence-corrected chi connectivity index (χ3v) is 2.45. The summed E-state index contributed by atoms with van der Waals surface area (Å²) in [5.41, 5.74) is 5.80. The molecule has 0 saturated carbocycles. The van der Waals surface area contributed by atoms with Crippen LogP contribution in [-0.2, 0) is 4.79 Å². The summed E-state index contributed by atoms with van der Waals surface area (Å²) in [6.07, 6.45) is 3.85. The van der Waals surface area contributed by atoms with Gasteiger partial charge in [-0.2, -0.15) is 0 Å². The third-order valence-electron chi connectivity index (χ3n) is 2.45. The van der Waals surface area contributed by atoms with Crippen molar-refractivity contribution in [3.63, 3.8) is 0 Å². The van der Waals surface area contributed by atoms with E-state index in [4.69, 9.17) is 10.2 Å². The van der Waals surface area contributed by atoms with Gasteiger partial charge in [-0.1, -0.05) is 13.3 Å². The molecule has 2 atom stereocenters. The first-order valence-electron chi connectivity index (χ1n) is 5.71. The van der Waals surface area contributed by atoms with E-state index in [1.807, 2.05) is 13.0 Å². The number of carbonyl (C=O) groups is 1. The molecule has 0 fully saturated rings. The van der Waals surface area contributed by atoms with Crippen molar-refractivity contribution in [2.24, 2.45) is 5.73 Å². The standard InChI is InChI=1S/C12H20N2O2/c1-3-5-10(13)8-12(15)14-9(2)11-6-4-7-16-11/h4,6-7,9-10H,3,5,8,13H2,1-2H3,(H,14,15)/t9-,10?/m1/s1. The van der Waals surface area contributed by atoms with Gasteiger partial charge in [-0.15, -0.1) is 0 Å². The average molecular weight is 224 g/mol. The van der Waals surface area contributed by atoms with Gasteiger partial charge in [0.1, 0.15) is 5.76 Å². The maximum Gasteiger partial charge on any atom is 0.222 e. The number of furan rings is 1. The minimum Gasteiger partial charge on any atom is -0.467 e. The van der Waals surface area contributed by atoms with E-state index in [1.165, 1.54) is 0 Å². The van der Waals surface area contributed by atoms with Gasteiger partial charge in [-0.05, 0) is 25.5 Å². The van der Waals surface area contributed by atoms with Gasteiger partial charge in [0.05, 0.1) is 12.3 Å². The van der Waals surface area contributed by atoms with E-state index in [2.05, 4.69) is 12.2 Å². The SMILES string of the molecule is CCCC(N)CC(=O)N[C@H](C)c1ccco1. The summed E-state index contributed by atoms with van der Waals surface area (Å²) in [4.78, 5) is 11.6. The lowest BCUT2D eigenvalue weighted by Gasteiger charge is -2.14. The van der Waals surface area contributed by atoms with Crippen molar-refractivity contribution in [1.82, 2.24) is 5.32 Å². The fourth-order valence-corrected chi connectivity index (χ4v) is 1.62. The number of nitrogens with one attached hydrogen (secondary N) is 1. The van der Waals surface area contributed by atoms with E-state index in [-0.39, 0.29) is 18.0 Å². The molecule has 0 aliphatic rings. The number of hydrogen-bond acceptors (Lipinski definition) is 3. The zero-order valence-electron chi connectivity index (χ0n) is 9.90. The van der Waals surface area contributed by atoms with E-state index in [0.29, 0.717) is 6.42 Å². The fraction of sp³-hybridized carbons (Fsp3) is 0.583. The maximum atomic E-state index is 11.6. The number of carbonyl (C=O) groups excluding carboxylic acids is 1. The van der Waals surface area contributed by atoms with Crippen molar-refractivity contribution in [3.8, 4) is 0 Å². The highest BCUT2D eigenvalue weighted by Gasteiger charge is 2.13. The first-order chi connectivity index (χ1) is 7.63. The van der Waals surface area contributed by atoms with E-state index in [0.717, 1.165) is 18.6 Å². The molecule has 0 saturated heterocycles. The zero-order chi connectivity index (χ0) is 12.0. The quantitative estimate of drug-likeness (QED) is 0.776. The first-order valence-corrected chi connectivity index (χ1v) is 5.71. The molecule has 1 rings (SSSR count). The van der Waals surface area contributed by atoms with Crippen molar-refractivity contribution < 1.29 is 9.21 Å². The predicted octanol–water partition coefficient (Wildman–Crippen LogP) is 1.97. The van der Waals surface area contributed by atoms with Crippen molar-refractivity contribution in [2.75, 3.05) is 0 Å². The van der Waals surface area contributed by atoms with Gasteiger partial charge in [-0.3, -0.25) is 4.79 Å². The fourth-order valence-electron chi connectivity index (χ4n) is 1.62. The Balaban J connectivity index is 2.34. The number of nitrogens with two attached hydrogens (primary N) is 1. The van der Waals surface area contributed by atoms with Gasteiger partial charge in [-0.25, -0.2) is 0 Å². The lowest BCUT2D eigenvalue weighted by molar-refractivity contribution is -0.122. The van der Waals surface area contributed by atoms with Gasteiger partial charge in [0.2, 0.25) is 5.91 Å². The second-order valence-corrected chi connectivity index (χ2v) is 4.06. The molecular weight excluding hydrogens is 204 g/mol. The van der Waals surface area contributed by atoms with Crippen LogP contribution in [0.2, 0.25) is 0 Å². The molecule has 0 radical (unpaired) electrons. The summed E-state index contributed by atoms with van der Waals surface area (Å²) in [6, 6.07) is 3.50. The van der Waals surface area contributed by atoms with Crippen LogP contribution in [0.4, 0.5) is 0 Å². The van der Waals surface area contributed by atoms with Crippen molar-refractivity contribution in [2.45, 2.75) is 45.2 Å². The molecule has 3 N–H and O–H groups in total. The minimum atomic E-state index is -0.101. The van der Waals surface area contributed by atoms with Crippen LogP contribution >= 0.6 is 0 Å². The van der Waals surface area contributed by atoms with Gasteiger partial charge < -0.3 is 15.5 Å². The smallest absolute Gasteiger partial charge is 0.222 e. The maximum absolute atomic E-state index is 11.6. The molecule has 0 spiro atoms. The molecule has 4 heteroatoms. The Morgan fingerprint density at radius 2 is 2.38 bits per heavy atom. The van der Waals surface area contributed by atoms with Crippen LogP contribution in [0.1, 0.15) is 44.9 Å². The summed E-state index contributed by atoms with van der Waals surface area (Å²) < 4.78 is 5.20. The van der Waals surface area contributed by atoms with Crippen LogP contribution in [0.5, 0.6) is 0 Å². The summed E-state index contributed by atoms with van der Waals surface area (Å²) in [5.74, 6) is 0.738. The van der Waals surface area contributed by atoms with E-state index in [1.54, 1.807) is 12.3 Å². The Hall–Kier alpha value is -1.29. The molecule has 1 amide bonds. The number of amides is 1. The lowest BCUT2D eigenvalue weighted by Crippen LogP contribution is -2.33. The number of hydrogen-bond donors (Lipinski definition) is 2. The normalized spacial score (nSPS) is 14.4. The molecule has 16 heavy (non-hydrogen) atoms. The van der Waals surface area contributed by atoms with E-state index in [9.17, 15) is 4.79 Å². The Labute approximate surface area is 96.2 Å². The molecule has 90 valence electrons. The molecule has 1 aromatic heterocycles. The summed E-state index contributed by atoms with van der Waals surface area (Å²) in [6.45, 7) is 3.95. The Bertz CT molecular complexity index is 309. The molecule has 0 aliphatic carbocycles. The Morgan fingerprint density at radius 3 is 2.94 bits per heavy atom. The van der Waals surface area contributed by atoms with Crippen LogP contribution in [-0.4, -0.2) is 11.9 Å². The summed E-state index contributed by atoms with van der Waals surface area (Å²) in [5, 5.41) is 2.86. The van der Waals surface area contributed by atoms with Gasteiger partial charge in [0, 0.05) is 12.5 Å². The third kappa shape index (κ3) is 4.06. The topological polar surface area (TPSA) is 68.3 Å². The van der Waals surface area contributed by atoms with Crippen LogP contribution in [0, 0.1) is 0 Å². The second-order valence-electron chi connectivity index (χ2n) is 4.06. The molecule has 0 aliphatic heterocycles. The van der Waals surface area contributed by atoms with Crippen LogP contribution in [0.15, 0.2) is 22.8 Å². The molecule has 1 aromatic rings. The summed E-state index contributed by atoms with van der Waals surface area (Å²) >= 11 is 0. The highest BCUT2D eigenvalue weighted by atomic mass is 16.3. The van der Waals surface area contributed by atoms with E-state index >= 15 is 0 Å². The first kappa shape index (κ1) is 12.8. The molecule has 4 nitrogen and oxygen atoms in total. The molecule has 1 heterocycles. The molecular formula is C12H20N2O2. The monoisotopic (exact) mass is 224 g/mol. The summed E-state index contributed by atoms with van der Waals surface area (Å²) in [7, 11) is 0. The predicted molar refractivity (Wildman–Crippen MR) is 62.8 cm³/mol. The molecule has 0 aromatic carbocycles. The van der Waals surface area contributed by atoms with Gasteiger partial charge in [0.25, 0.3) is 0 Å². The van der Waals surface area contributed by atoms with Crippen LogP contribution in [0.3, 0.4) is 0 Å². The lowest BCUT2D eigenvalue weighted by atomic mass is 10.1. The van der Waals surface area contributed by atoms with Crippen molar-refractivity contribution >= 4 is 5.91 Å². The Kier molecular flexibility index (Phi) is 5.05. The molecule has 0 bridgehead atoms. The highest BCUT2D eigenvalue weighted by molar-refractivity contribution is 5.76. The van der Waals surface area contributed by atoms with Crippen LogP contribution in [0.25, 0.3) is 0 Å². The minimum absolute atomic E-state index is 0.0233. The van der Waals surface area contributed by atoms with E-state index < -0.39 is 0 Å². The van der Waals surface area contributed by atoms with Crippen LogP contribution < -0.4 is 11.1 Å². The Morgan fingerprint density at radius 1 is 1.62 bits per heavy atom. The van der Waals surface area contributed by atoms with Gasteiger partial charge >= 0.3 is 0 Å². The highest BCUT2D eigenvalue weighted by Crippen LogP contribution is 2.12. The zero-order valence-corrected chi connectivity index (χ0v) is 9.90. The average Bonchev–Trinajstić information content (AvgIpc) is 2.69. The van der Waals surface area contributed by atoms with Crippen molar-refractivity contribution in [3.05, 3.63) is 24.2 Å². The van der Waals surface area contributed by atoms with Crippen molar-refractivity contribution in [1.29, 1.82) is 0 Å². The molecule has 1 unspecified atom stereocenters. The second kappa shape index (κ2) is 6.33. The number of rotatable bonds is 6.